The van der Waals surface area contributed by atoms with Gasteiger partial charge in [-0.2, -0.15) is 0 Å². The van der Waals surface area contributed by atoms with E-state index in [0.29, 0.717) is 28.5 Å². The van der Waals surface area contributed by atoms with E-state index in [1.54, 1.807) is 7.11 Å². The lowest BCUT2D eigenvalue weighted by Crippen LogP contribution is -2.30. The Kier molecular flexibility index (Phi) is 6.03. The monoisotopic (exact) mass is 563 g/mol. The summed E-state index contributed by atoms with van der Waals surface area (Å²) in [5.74, 6) is 2.44. The highest BCUT2D eigenvalue weighted by molar-refractivity contribution is 6.13. The standard InChI is InChI=1S/C31H29N7O4/c1-17-9-26(38-15-28(39)36(3)31(38)40)30-34-19(14-37(30)13-17)16-42-20-10-25-21(27(11-20)41-4)5-6-24(35-25)22-12-23(22)29-32-8-7-18(2)33-29/h5-11,13-14,22-23H,12,15-16H2,1-4H3/t22-,23-/m0/s1. The summed E-state index contributed by atoms with van der Waals surface area (Å²) in [6, 6.07) is 11.3. The summed E-state index contributed by atoms with van der Waals surface area (Å²) < 4.78 is 13.7. The largest absolute Gasteiger partial charge is 0.496 e. The van der Waals surface area contributed by atoms with Crippen molar-refractivity contribution in [2.24, 2.45) is 0 Å². The summed E-state index contributed by atoms with van der Waals surface area (Å²) in [7, 11) is 3.12. The zero-order valence-corrected chi connectivity index (χ0v) is 23.7. The molecular weight excluding hydrogens is 534 g/mol. The van der Waals surface area contributed by atoms with Crippen LogP contribution in [0.15, 0.2) is 55.0 Å². The Morgan fingerprint density at radius 3 is 2.62 bits per heavy atom. The van der Waals surface area contributed by atoms with Crippen LogP contribution in [0.5, 0.6) is 11.5 Å². The van der Waals surface area contributed by atoms with Gasteiger partial charge in [-0.15, -0.1) is 0 Å². The number of fused-ring (bicyclic) bond motifs is 2. The van der Waals surface area contributed by atoms with Crippen LogP contribution >= 0.6 is 0 Å². The second-order valence-electron chi connectivity index (χ2n) is 10.9. The number of imide groups is 1. The molecule has 0 spiro atoms. The maximum atomic E-state index is 12.7. The van der Waals surface area contributed by atoms with E-state index < -0.39 is 0 Å². The number of amides is 3. The van der Waals surface area contributed by atoms with Crippen molar-refractivity contribution < 1.29 is 19.1 Å². The number of carbonyl (C=O) groups is 2. The fraction of sp³-hybridized carbons (Fsp3) is 0.290. The lowest BCUT2D eigenvalue weighted by atomic mass is 10.1. The first-order valence-corrected chi connectivity index (χ1v) is 13.8. The van der Waals surface area contributed by atoms with Crippen molar-refractivity contribution in [2.45, 2.75) is 38.7 Å². The minimum atomic E-state index is -0.368. The molecule has 1 aliphatic heterocycles. The van der Waals surface area contributed by atoms with Crippen LogP contribution in [0.4, 0.5) is 10.5 Å². The van der Waals surface area contributed by atoms with Crippen molar-refractivity contribution in [2.75, 3.05) is 25.6 Å². The molecule has 0 N–H and O–H groups in total. The second kappa shape index (κ2) is 9.79. The molecule has 1 aliphatic carbocycles. The maximum absolute atomic E-state index is 12.7. The van der Waals surface area contributed by atoms with Gasteiger partial charge in [0.05, 0.1) is 24.0 Å². The van der Waals surface area contributed by atoms with E-state index in [9.17, 15) is 9.59 Å². The van der Waals surface area contributed by atoms with Gasteiger partial charge in [-0.05, 0) is 50.1 Å². The van der Waals surface area contributed by atoms with Crippen molar-refractivity contribution in [1.82, 2.24) is 29.2 Å². The van der Waals surface area contributed by atoms with Crippen LogP contribution in [-0.2, 0) is 11.4 Å². The van der Waals surface area contributed by atoms with Gasteiger partial charge in [0.2, 0.25) is 5.91 Å². The maximum Gasteiger partial charge on any atom is 0.331 e. The SMILES string of the molecule is COc1cc(OCc2cn3cc(C)cc(N4CC(=O)N(C)C4=O)c3n2)cc2nc([C@H]3C[C@@H]3c3nccc(C)n3)ccc12. The predicted molar refractivity (Wildman–Crippen MR) is 155 cm³/mol. The third-order valence-electron chi connectivity index (χ3n) is 7.88. The number of nitrogens with zero attached hydrogens (tertiary/aromatic N) is 7. The van der Waals surface area contributed by atoms with E-state index in [0.717, 1.165) is 45.0 Å². The smallest absolute Gasteiger partial charge is 0.331 e. The van der Waals surface area contributed by atoms with Crippen LogP contribution in [-0.4, -0.2) is 61.9 Å². The number of aromatic nitrogens is 5. The molecule has 0 radical (unpaired) electrons. The number of pyridine rings is 2. The Balaban J connectivity index is 1.15. The first-order chi connectivity index (χ1) is 20.3. The van der Waals surface area contributed by atoms with Crippen LogP contribution in [0.25, 0.3) is 16.6 Å². The molecule has 2 fully saturated rings. The molecule has 11 nitrogen and oxygen atoms in total. The van der Waals surface area contributed by atoms with Gasteiger partial charge in [-0.25, -0.2) is 19.7 Å². The first kappa shape index (κ1) is 25.9. The zero-order chi connectivity index (χ0) is 29.1. The van der Waals surface area contributed by atoms with Crippen LogP contribution in [0.2, 0.25) is 0 Å². The molecule has 1 saturated heterocycles. The Morgan fingerprint density at radius 1 is 1.00 bits per heavy atom. The molecule has 1 aromatic carbocycles. The van der Waals surface area contributed by atoms with Gasteiger partial charge in [-0.1, -0.05) is 0 Å². The Morgan fingerprint density at radius 2 is 1.86 bits per heavy atom. The van der Waals surface area contributed by atoms with Gasteiger partial charge in [0.1, 0.15) is 30.5 Å². The van der Waals surface area contributed by atoms with E-state index in [4.69, 9.17) is 19.4 Å². The molecule has 4 aromatic heterocycles. The second-order valence-corrected chi connectivity index (χ2v) is 10.9. The van der Waals surface area contributed by atoms with Crippen molar-refractivity contribution in [3.63, 3.8) is 0 Å². The average Bonchev–Trinajstić information content (AvgIpc) is 3.62. The Labute approximate surface area is 241 Å². The molecule has 212 valence electrons. The van der Waals surface area contributed by atoms with Crippen LogP contribution in [0, 0.1) is 13.8 Å². The van der Waals surface area contributed by atoms with Crippen molar-refractivity contribution in [3.05, 3.63) is 83.5 Å². The minimum absolute atomic E-state index is 0.0152. The van der Waals surface area contributed by atoms with Crippen molar-refractivity contribution in [1.29, 1.82) is 0 Å². The lowest BCUT2D eigenvalue weighted by Gasteiger charge is -2.16. The molecule has 42 heavy (non-hydrogen) atoms. The minimum Gasteiger partial charge on any atom is -0.496 e. The number of hydrogen-bond acceptors (Lipinski definition) is 8. The molecule has 2 atom stereocenters. The van der Waals surface area contributed by atoms with E-state index in [-0.39, 0.29) is 36.9 Å². The van der Waals surface area contributed by atoms with E-state index in [2.05, 4.69) is 16.0 Å². The summed E-state index contributed by atoms with van der Waals surface area (Å²) >= 11 is 0. The van der Waals surface area contributed by atoms with Crippen molar-refractivity contribution in [3.8, 4) is 11.5 Å². The topological polar surface area (TPSA) is 115 Å². The molecule has 0 bridgehead atoms. The number of ether oxygens (including phenoxy) is 2. The molecule has 11 heteroatoms. The fourth-order valence-corrected chi connectivity index (χ4v) is 5.58. The van der Waals surface area contributed by atoms with Gasteiger partial charge < -0.3 is 13.9 Å². The summed E-state index contributed by atoms with van der Waals surface area (Å²) in [5.41, 5.74) is 5.52. The normalized spacial score (nSPS) is 18.4. The number of benzene rings is 1. The summed E-state index contributed by atoms with van der Waals surface area (Å²) in [6.07, 6.45) is 6.58. The number of hydrogen-bond donors (Lipinski definition) is 0. The molecule has 3 amide bonds. The molecule has 5 aromatic rings. The van der Waals surface area contributed by atoms with Crippen LogP contribution in [0.3, 0.4) is 0 Å². The van der Waals surface area contributed by atoms with E-state index in [1.807, 2.05) is 67.2 Å². The predicted octanol–water partition coefficient (Wildman–Crippen LogP) is 4.55. The number of rotatable bonds is 7. The number of methoxy groups -OCH3 is 1. The highest BCUT2D eigenvalue weighted by atomic mass is 16.5. The first-order valence-electron chi connectivity index (χ1n) is 13.8. The summed E-state index contributed by atoms with van der Waals surface area (Å²) in [5, 5.41) is 0.903. The van der Waals surface area contributed by atoms with Gasteiger partial charge in [0.15, 0.2) is 5.65 Å². The molecular formula is C31H29N7O4. The quantitative estimate of drug-likeness (QED) is 0.265. The molecule has 2 aliphatic rings. The molecule has 1 saturated carbocycles. The highest BCUT2D eigenvalue weighted by Gasteiger charge is 2.43. The third kappa shape index (κ3) is 4.47. The Hall–Kier alpha value is -5.06. The zero-order valence-electron chi connectivity index (χ0n) is 23.7. The molecule has 0 unspecified atom stereocenters. The van der Waals surface area contributed by atoms with Gasteiger partial charge in [0, 0.05) is 66.4 Å². The number of imidazole rings is 1. The number of aryl methyl sites for hydroxylation is 2. The Bertz CT molecular complexity index is 1900. The van der Waals surface area contributed by atoms with E-state index in [1.165, 1.54) is 11.9 Å². The van der Waals surface area contributed by atoms with Crippen LogP contribution < -0.4 is 14.4 Å². The van der Waals surface area contributed by atoms with Gasteiger partial charge >= 0.3 is 6.03 Å². The van der Waals surface area contributed by atoms with Crippen molar-refractivity contribution >= 4 is 34.2 Å². The lowest BCUT2D eigenvalue weighted by molar-refractivity contribution is -0.123. The number of likely N-dealkylation sites (N-methyl/N-ethyl adjacent to an activating group) is 1. The average molecular weight is 564 g/mol. The fourth-order valence-electron chi connectivity index (χ4n) is 5.58. The third-order valence-corrected chi connectivity index (χ3v) is 7.88. The van der Waals surface area contributed by atoms with Crippen LogP contribution in [0.1, 0.15) is 46.7 Å². The number of anilines is 1. The number of urea groups is 1. The highest BCUT2D eigenvalue weighted by Crippen LogP contribution is 2.53. The number of carbonyl (C=O) groups excluding carboxylic acids is 2. The van der Waals surface area contributed by atoms with Gasteiger partial charge in [-0.3, -0.25) is 19.6 Å². The molecule has 7 rings (SSSR count). The summed E-state index contributed by atoms with van der Waals surface area (Å²) in [6.45, 7) is 4.09. The summed E-state index contributed by atoms with van der Waals surface area (Å²) in [4.78, 5) is 46.2. The van der Waals surface area contributed by atoms with Gasteiger partial charge in [0.25, 0.3) is 0 Å². The molecule has 5 heterocycles. The van der Waals surface area contributed by atoms with E-state index >= 15 is 0 Å².